The lowest BCUT2D eigenvalue weighted by atomic mass is 10.2. The molecule has 0 aliphatic carbocycles. The number of anilines is 2. The Bertz CT molecular complexity index is 945. The molecule has 1 atom stereocenters. The number of aryl methyl sites for hydroxylation is 1. The second kappa shape index (κ2) is 6.90. The number of rotatable bonds is 3. The summed E-state index contributed by atoms with van der Waals surface area (Å²) in [6.45, 7) is 3.74. The molecule has 0 bridgehead atoms. The first kappa shape index (κ1) is 18.1. The number of hydrogen-bond donors (Lipinski definition) is 2. The van der Waals surface area contributed by atoms with Crippen LogP contribution in [0, 0.1) is 6.92 Å². The van der Waals surface area contributed by atoms with Gasteiger partial charge in [-0.1, -0.05) is 18.5 Å². The van der Waals surface area contributed by atoms with Crippen molar-refractivity contribution in [2.45, 2.75) is 35.3 Å². The van der Waals surface area contributed by atoms with Gasteiger partial charge in [0.1, 0.15) is 0 Å². The summed E-state index contributed by atoms with van der Waals surface area (Å²) < 4.78 is 28.0. The molecule has 0 radical (unpaired) electrons. The predicted octanol–water partition coefficient (Wildman–Crippen LogP) is 4.27. The maximum Gasteiger partial charge on any atom is 0.261 e. The molecular formula is C17H17ClN2O3S2. The first-order valence-corrected chi connectivity index (χ1v) is 10.4. The Morgan fingerprint density at radius 1 is 1.24 bits per heavy atom. The van der Waals surface area contributed by atoms with Gasteiger partial charge < -0.3 is 5.32 Å². The molecule has 0 spiro atoms. The Kier molecular flexibility index (Phi) is 4.99. The molecule has 1 aliphatic rings. The number of carbonyl (C=O) groups is 1. The largest absolute Gasteiger partial charge is 0.325 e. The minimum absolute atomic E-state index is 0.0936. The van der Waals surface area contributed by atoms with Crippen molar-refractivity contribution in [3.05, 3.63) is 47.0 Å². The third kappa shape index (κ3) is 4.11. The molecule has 0 fully saturated rings. The summed E-state index contributed by atoms with van der Waals surface area (Å²) in [5, 5.41) is 3.46. The SMILES string of the molecule is Cc1cc(Cl)ccc1NS(=O)(=O)c1ccc2c(c1)NC(=O)C[C@@H](C)S2. The molecule has 2 aromatic rings. The quantitative estimate of drug-likeness (QED) is 0.812. The van der Waals surface area contributed by atoms with Gasteiger partial charge in [0.2, 0.25) is 5.91 Å². The molecule has 0 saturated carbocycles. The van der Waals surface area contributed by atoms with Crippen molar-refractivity contribution in [1.29, 1.82) is 0 Å². The van der Waals surface area contributed by atoms with Crippen molar-refractivity contribution < 1.29 is 13.2 Å². The Morgan fingerprint density at radius 3 is 2.72 bits per heavy atom. The summed E-state index contributed by atoms with van der Waals surface area (Å²) in [6.07, 6.45) is 0.393. The van der Waals surface area contributed by atoms with Crippen molar-refractivity contribution in [2.75, 3.05) is 10.0 Å². The molecule has 2 N–H and O–H groups in total. The first-order chi connectivity index (χ1) is 11.7. The molecule has 3 rings (SSSR count). The Morgan fingerprint density at radius 2 is 2.00 bits per heavy atom. The van der Waals surface area contributed by atoms with Crippen molar-refractivity contribution >= 4 is 50.7 Å². The van der Waals surface area contributed by atoms with E-state index >= 15 is 0 Å². The van der Waals surface area contributed by atoms with Crippen molar-refractivity contribution in [3.63, 3.8) is 0 Å². The van der Waals surface area contributed by atoms with Crippen LogP contribution >= 0.6 is 23.4 Å². The van der Waals surface area contributed by atoms with Gasteiger partial charge in [0.15, 0.2) is 0 Å². The average molecular weight is 397 g/mol. The number of nitrogens with one attached hydrogen (secondary N) is 2. The summed E-state index contributed by atoms with van der Waals surface area (Å²) in [4.78, 5) is 12.8. The lowest BCUT2D eigenvalue weighted by molar-refractivity contribution is -0.116. The van der Waals surface area contributed by atoms with Crippen LogP contribution in [0.15, 0.2) is 46.2 Å². The van der Waals surface area contributed by atoms with Gasteiger partial charge in [-0.15, -0.1) is 11.8 Å². The highest BCUT2D eigenvalue weighted by atomic mass is 35.5. The van der Waals surface area contributed by atoms with Gasteiger partial charge in [0.25, 0.3) is 10.0 Å². The highest BCUT2D eigenvalue weighted by molar-refractivity contribution is 8.00. The van der Waals surface area contributed by atoms with Crippen LogP contribution in [0.25, 0.3) is 0 Å². The number of amides is 1. The van der Waals surface area contributed by atoms with E-state index in [4.69, 9.17) is 11.6 Å². The van der Waals surface area contributed by atoms with Gasteiger partial charge in [-0.25, -0.2) is 8.42 Å². The fourth-order valence-electron chi connectivity index (χ4n) is 2.54. The fourth-order valence-corrected chi connectivity index (χ4v) is 4.98. The van der Waals surface area contributed by atoms with Gasteiger partial charge in [-0.2, -0.15) is 0 Å². The number of hydrogen-bond acceptors (Lipinski definition) is 4. The molecule has 1 heterocycles. The van der Waals surface area contributed by atoms with E-state index in [0.717, 1.165) is 10.5 Å². The highest BCUT2D eigenvalue weighted by Gasteiger charge is 2.22. The Balaban J connectivity index is 1.94. The molecule has 5 nitrogen and oxygen atoms in total. The zero-order chi connectivity index (χ0) is 18.2. The number of carbonyl (C=O) groups excluding carboxylic acids is 1. The van der Waals surface area contributed by atoms with Crippen LogP contribution in [0.3, 0.4) is 0 Å². The highest BCUT2D eigenvalue weighted by Crippen LogP contribution is 2.36. The van der Waals surface area contributed by atoms with E-state index < -0.39 is 10.0 Å². The normalized spacial score (nSPS) is 17.4. The lowest BCUT2D eigenvalue weighted by Gasteiger charge is -2.13. The number of thioether (sulfide) groups is 1. The lowest BCUT2D eigenvalue weighted by Crippen LogP contribution is -2.15. The van der Waals surface area contributed by atoms with Crippen LogP contribution in [-0.2, 0) is 14.8 Å². The number of fused-ring (bicyclic) bond motifs is 1. The summed E-state index contributed by atoms with van der Waals surface area (Å²) in [5.41, 5.74) is 1.71. The molecule has 0 unspecified atom stereocenters. The topological polar surface area (TPSA) is 75.3 Å². The van der Waals surface area contributed by atoms with Gasteiger partial charge >= 0.3 is 0 Å². The zero-order valence-electron chi connectivity index (χ0n) is 13.7. The number of halogens is 1. The second-order valence-electron chi connectivity index (χ2n) is 5.90. The summed E-state index contributed by atoms with van der Waals surface area (Å²) in [6, 6.07) is 9.70. The van der Waals surface area contributed by atoms with E-state index in [2.05, 4.69) is 10.0 Å². The minimum atomic E-state index is -3.78. The van der Waals surface area contributed by atoms with E-state index in [0.29, 0.717) is 22.8 Å². The fraction of sp³-hybridized carbons (Fsp3) is 0.235. The maximum atomic E-state index is 12.7. The van der Waals surface area contributed by atoms with Crippen LogP contribution in [0.5, 0.6) is 0 Å². The first-order valence-electron chi connectivity index (χ1n) is 7.64. The third-order valence-corrected chi connectivity index (χ3v) is 6.55. The van der Waals surface area contributed by atoms with E-state index in [1.54, 1.807) is 49.0 Å². The number of sulfonamides is 1. The molecule has 2 aromatic carbocycles. The van der Waals surface area contributed by atoms with E-state index in [1.165, 1.54) is 6.07 Å². The molecule has 8 heteroatoms. The van der Waals surface area contributed by atoms with Crippen LogP contribution in [-0.4, -0.2) is 19.6 Å². The van der Waals surface area contributed by atoms with Gasteiger partial charge in [0.05, 0.1) is 16.3 Å². The van der Waals surface area contributed by atoms with Crippen LogP contribution in [0.4, 0.5) is 11.4 Å². The van der Waals surface area contributed by atoms with Crippen LogP contribution < -0.4 is 10.0 Å². The molecule has 0 aromatic heterocycles. The minimum Gasteiger partial charge on any atom is -0.325 e. The number of benzene rings is 2. The summed E-state index contributed by atoms with van der Waals surface area (Å²) in [7, 11) is -3.78. The maximum absolute atomic E-state index is 12.7. The molecule has 132 valence electrons. The van der Waals surface area contributed by atoms with Crippen molar-refractivity contribution in [1.82, 2.24) is 0 Å². The summed E-state index contributed by atoms with van der Waals surface area (Å²) in [5.74, 6) is -0.116. The Hall–Kier alpha value is -1.70. The van der Waals surface area contributed by atoms with E-state index in [9.17, 15) is 13.2 Å². The molecule has 0 saturated heterocycles. The standard InChI is InChI=1S/C17H17ClN2O3S2/c1-10-7-12(18)3-5-14(10)20-25(22,23)13-4-6-16-15(9-13)19-17(21)8-11(2)24-16/h3-7,9,11,20H,8H2,1-2H3,(H,19,21)/t11-/m1/s1. The van der Waals surface area contributed by atoms with Crippen molar-refractivity contribution in [3.8, 4) is 0 Å². The monoisotopic (exact) mass is 396 g/mol. The zero-order valence-corrected chi connectivity index (χ0v) is 16.1. The summed E-state index contributed by atoms with van der Waals surface area (Å²) >= 11 is 7.46. The smallest absolute Gasteiger partial charge is 0.261 e. The molecule has 1 amide bonds. The molecule has 1 aliphatic heterocycles. The van der Waals surface area contributed by atoms with E-state index in [-0.39, 0.29) is 16.1 Å². The van der Waals surface area contributed by atoms with Gasteiger partial charge in [-0.05, 0) is 48.9 Å². The molecular weight excluding hydrogens is 380 g/mol. The van der Waals surface area contributed by atoms with E-state index in [1.807, 2.05) is 6.92 Å². The third-order valence-electron chi connectivity index (χ3n) is 3.77. The second-order valence-corrected chi connectivity index (χ2v) is 9.50. The Labute approximate surface area is 156 Å². The van der Waals surface area contributed by atoms with Gasteiger partial charge in [0, 0.05) is 21.6 Å². The van der Waals surface area contributed by atoms with Crippen LogP contribution in [0.2, 0.25) is 5.02 Å². The van der Waals surface area contributed by atoms with Crippen molar-refractivity contribution in [2.24, 2.45) is 0 Å². The average Bonchev–Trinajstić information content (AvgIpc) is 2.65. The van der Waals surface area contributed by atoms with Crippen LogP contribution in [0.1, 0.15) is 18.9 Å². The van der Waals surface area contributed by atoms with Gasteiger partial charge in [-0.3, -0.25) is 9.52 Å². The molecule has 25 heavy (non-hydrogen) atoms. The predicted molar refractivity (Wildman–Crippen MR) is 102 cm³/mol.